The average Bonchev–Trinajstić information content (AvgIpc) is 2.72. The van der Waals surface area contributed by atoms with Crippen molar-refractivity contribution in [1.82, 2.24) is 0 Å². The molecule has 30 heavy (non-hydrogen) atoms. The molecule has 0 aliphatic carbocycles. The molecule has 0 unspecified atom stereocenters. The number of fused-ring (bicyclic) bond motifs is 2. The van der Waals surface area contributed by atoms with Gasteiger partial charge in [0.1, 0.15) is 10.6 Å². The molecule has 0 heterocycles. The molecule has 6 N–H and O–H groups in total. The second-order valence-corrected chi connectivity index (χ2v) is 7.63. The second kappa shape index (κ2) is 8.37. The third-order valence-corrected chi connectivity index (χ3v) is 5.37. The maximum absolute atomic E-state index is 11.1. The Kier molecular flexibility index (Phi) is 5.88. The summed E-state index contributed by atoms with van der Waals surface area (Å²) in [7, 11) is -4.41. The maximum Gasteiger partial charge on any atom is 0.337 e. The fraction of sp³-hybridized carbons (Fsp3) is 0. The summed E-state index contributed by atoms with van der Waals surface area (Å²) in [6.45, 7) is 0. The largest absolute Gasteiger partial charge is 0.506 e. The normalized spacial score (nSPS) is 11.0. The lowest BCUT2D eigenvalue weighted by Gasteiger charge is -2.08. The Hall–Kier alpha value is -3.66. The summed E-state index contributed by atoms with van der Waals surface area (Å²) < 4.78 is 31.1. The summed E-state index contributed by atoms with van der Waals surface area (Å²) in [6, 6.07) is 20.2. The van der Waals surface area contributed by atoms with Crippen LogP contribution in [-0.4, -0.2) is 29.2 Å². The Morgan fingerprint density at radius 1 is 0.833 bits per heavy atom. The summed E-state index contributed by atoms with van der Waals surface area (Å²) in [5.74, 6) is 3.90. The van der Waals surface area contributed by atoms with E-state index in [1.165, 1.54) is 12.1 Å². The van der Waals surface area contributed by atoms with Crippen molar-refractivity contribution in [3.05, 3.63) is 78.4 Å². The number of hydrogen-bond acceptors (Lipinski definition) is 6. The Labute approximate surface area is 171 Å². The highest BCUT2D eigenvalue weighted by molar-refractivity contribution is 7.86. The van der Waals surface area contributed by atoms with Gasteiger partial charge in [0.2, 0.25) is 0 Å². The zero-order chi connectivity index (χ0) is 21.9. The van der Waals surface area contributed by atoms with Gasteiger partial charge in [0.05, 0.1) is 11.3 Å². The lowest BCUT2D eigenvalue weighted by atomic mass is 10.0. The van der Waals surface area contributed by atoms with Crippen LogP contribution in [0.3, 0.4) is 0 Å². The molecule has 0 aliphatic heterocycles. The van der Waals surface area contributed by atoms with Crippen LogP contribution in [0.15, 0.2) is 77.7 Å². The Morgan fingerprint density at radius 2 is 1.37 bits per heavy atom. The first-order chi connectivity index (χ1) is 14.2. The number of hydrazine groups is 1. The third-order valence-electron chi connectivity index (χ3n) is 4.42. The summed E-state index contributed by atoms with van der Waals surface area (Å²) >= 11 is 0. The van der Waals surface area contributed by atoms with Crippen molar-refractivity contribution in [2.45, 2.75) is 4.90 Å². The van der Waals surface area contributed by atoms with Crippen LogP contribution in [0.2, 0.25) is 0 Å². The van der Waals surface area contributed by atoms with Gasteiger partial charge in [0.25, 0.3) is 10.1 Å². The topological polar surface area (TPSA) is 150 Å². The van der Waals surface area contributed by atoms with Crippen molar-refractivity contribution in [3.63, 3.8) is 0 Å². The second-order valence-electron chi connectivity index (χ2n) is 6.27. The van der Waals surface area contributed by atoms with Crippen LogP contribution in [0.4, 0.5) is 5.69 Å². The van der Waals surface area contributed by atoms with E-state index in [9.17, 15) is 18.3 Å². The fourth-order valence-electron chi connectivity index (χ4n) is 3.11. The van der Waals surface area contributed by atoms with Crippen LogP contribution in [0, 0.1) is 0 Å². The minimum atomic E-state index is -4.41. The van der Waals surface area contributed by atoms with Crippen LogP contribution in [0.25, 0.3) is 21.5 Å². The molecule has 0 atom stereocenters. The van der Waals surface area contributed by atoms with Gasteiger partial charge in [0, 0.05) is 10.8 Å². The SMILES string of the molecule is NNc1c(C(=O)O)ccc2ccccc12.O=S(=O)(O)c1c(O)ccc2ccccc12. The fourth-order valence-corrected chi connectivity index (χ4v) is 3.90. The summed E-state index contributed by atoms with van der Waals surface area (Å²) in [6.07, 6.45) is 0. The van der Waals surface area contributed by atoms with Gasteiger partial charge in [-0.1, -0.05) is 60.7 Å². The number of nitrogens with two attached hydrogens (primary N) is 1. The van der Waals surface area contributed by atoms with Crippen LogP contribution >= 0.6 is 0 Å². The predicted molar refractivity (Wildman–Crippen MR) is 114 cm³/mol. The number of carbonyl (C=O) groups is 1. The first-order valence-electron chi connectivity index (χ1n) is 8.64. The monoisotopic (exact) mass is 426 g/mol. The molecule has 4 aromatic carbocycles. The Bertz CT molecular complexity index is 1350. The Balaban J connectivity index is 0.000000171. The van der Waals surface area contributed by atoms with E-state index in [2.05, 4.69) is 5.43 Å². The number of phenols is 1. The molecule has 154 valence electrons. The zero-order valence-corrected chi connectivity index (χ0v) is 16.3. The van der Waals surface area contributed by atoms with Crippen molar-refractivity contribution < 1.29 is 28.0 Å². The van der Waals surface area contributed by atoms with E-state index in [0.717, 1.165) is 10.8 Å². The van der Waals surface area contributed by atoms with E-state index >= 15 is 0 Å². The highest BCUT2D eigenvalue weighted by atomic mass is 32.2. The number of aromatic carboxylic acids is 1. The standard InChI is InChI=1S/C11H10N2O2.C10H8O4S/c12-13-10-8-4-2-1-3-7(8)5-6-9(10)11(14)15;11-9-6-5-7-3-1-2-4-8(7)10(9)15(12,13)14/h1-6,13H,12H2,(H,14,15);1-6,11H,(H,12,13,14). The number of anilines is 1. The molecule has 0 spiro atoms. The number of phenolic OH excluding ortho intramolecular Hbond substituents is 1. The van der Waals surface area contributed by atoms with Crippen LogP contribution in [0.5, 0.6) is 5.75 Å². The Morgan fingerprint density at radius 3 is 1.93 bits per heavy atom. The first-order valence-corrected chi connectivity index (χ1v) is 10.1. The van der Waals surface area contributed by atoms with Crippen LogP contribution in [-0.2, 0) is 10.1 Å². The molecule has 9 heteroatoms. The van der Waals surface area contributed by atoms with Crippen molar-refractivity contribution in [2.24, 2.45) is 5.84 Å². The molecular formula is C21H18N2O6S. The molecule has 0 saturated heterocycles. The predicted octanol–water partition coefficient (Wildman–Crippen LogP) is 3.62. The average molecular weight is 426 g/mol. The summed E-state index contributed by atoms with van der Waals surface area (Å²) in [5, 5.41) is 21.1. The third kappa shape index (κ3) is 4.18. The number of nitrogen functional groups attached to an aromatic ring is 1. The van der Waals surface area contributed by atoms with E-state index < -0.39 is 26.7 Å². The molecule has 0 bridgehead atoms. The zero-order valence-electron chi connectivity index (χ0n) is 15.5. The van der Waals surface area contributed by atoms with Gasteiger partial charge < -0.3 is 15.6 Å². The molecular weight excluding hydrogens is 408 g/mol. The minimum Gasteiger partial charge on any atom is -0.506 e. The number of rotatable bonds is 3. The van der Waals surface area contributed by atoms with Gasteiger partial charge >= 0.3 is 5.97 Å². The smallest absolute Gasteiger partial charge is 0.337 e. The van der Waals surface area contributed by atoms with Crippen molar-refractivity contribution in [1.29, 1.82) is 0 Å². The molecule has 0 aromatic heterocycles. The molecule has 4 rings (SSSR count). The van der Waals surface area contributed by atoms with Crippen LogP contribution < -0.4 is 11.3 Å². The quantitative estimate of drug-likeness (QED) is 0.189. The van der Waals surface area contributed by atoms with E-state index in [-0.39, 0.29) is 5.56 Å². The molecule has 0 fully saturated rings. The lowest BCUT2D eigenvalue weighted by molar-refractivity contribution is 0.0698. The van der Waals surface area contributed by atoms with E-state index in [1.807, 2.05) is 24.3 Å². The number of benzene rings is 4. The van der Waals surface area contributed by atoms with Gasteiger partial charge in [-0.25, -0.2) is 4.79 Å². The summed E-state index contributed by atoms with van der Waals surface area (Å²) in [5.41, 5.74) is 3.06. The van der Waals surface area contributed by atoms with Gasteiger partial charge in [-0.15, -0.1) is 0 Å². The molecule has 4 aromatic rings. The lowest BCUT2D eigenvalue weighted by Crippen LogP contribution is -2.12. The highest BCUT2D eigenvalue weighted by Gasteiger charge is 2.18. The molecule has 0 aliphatic rings. The van der Waals surface area contributed by atoms with Gasteiger partial charge in [-0.05, 0) is 22.9 Å². The highest BCUT2D eigenvalue weighted by Crippen LogP contribution is 2.30. The van der Waals surface area contributed by atoms with Gasteiger partial charge in [0.15, 0.2) is 0 Å². The van der Waals surface area contributed by atoms with Crippen molar-refractivity contribution >= 4 is 43.3 Å². The maximum atomic E-state index is 11.1. The number of nitrogens with one attached hydrogen (secondary N) is 1. The van der Waals surface area contributed by atoms with Crippen LogP contribution in [0.1, 0.15) is 10.4 Å². The van der Waals surface area contributed by atoms with E-state index in [1.54, 1.807) is 36.4 Å². The van der Waals surface area contributed by atoms with Gasteiger partial charge in [-0.2, -0.15) is 8.42 Å². The van der Waals surface area contributed by atoms with Crippen molar-refractivity contribution in [2.75, 3.05) is 5.43 Å². The number of carboxylic acid groups (broad SMARTS) is 1. The first kappa shape index (κ1) is 21.1. The van der Waals surface area contributed by atoms with Crippen molar-refractivity contribution in [3.8, 4) is 5.75 Å². The molecule has 0 radical (unpaired) electrons. The molecule has 8 nitrogen and oxygen atoms in total. The number of hydrogen-bond donors (Lipinski definition) is 5. The minimum absolute atomic E-state index is 0.177. The number of carboxylic acids is 1. The van der Waals surface area contributed by atoms with E-state index in [0.29, 0.717) is 16.5 Å². The summed E-state index contributed by atoms with van der Waals surface area (Å²) in [4.78, 5) is 10.5. The van der Waals surface area contributed by atoms with E-state index in [4.69, 9.17) is 15.5 Å². The van der Waals surface area contributed by atoms with Gasteiger partial charge in [-0.3, -0.25) is 10.4 Å². The molecule has 0 saturated carbocycles. The number of aromatic hydroxyl groups is 1. The molecule has 0 amide bonds.